The van der Waals surface area contributed by atoms with Gasteiger partial charge < -0.3 is 19.1 Å². The molecule has 1 aliphatic heterocycles. The van der Waals surface area contributed by atoms with Gasteiger partial charge in [-0.2, -0.15) is 0 Å². The van der Waals surface area contributed by atoms with Gasteiger partial charge in [0, 0.05) is 39.9 Å². The van der Waals surface area contributed by atoms with E-state index in [0.717, 1.165) is 0 Å². The minimum absolute atomic E-state index is 0.0904. The summed E-state index contributed by atoms with van der Waals surface area (Å²) in [6.45, 7) is 5.44. The molecule has 0 bridgehead atoms. The van der Waals surface area contributed by atoms with Gasteiger partial charge in [0.2, 0.25) is 0 Å². The molecule has 0 fully saturated rings. The summed E-state index contributed by atoms with van der Waals surface area (Å²) in [4.78, 5) is 39.8. The number of hydrogen-bond acceptors (Lipinski definition) is 7. The van der Waals surface area contributed by atoms with Gasteiger partial charge in [0.1, 0.15) is 18.1 Å². The van der Waals surface area contributed by atoms with E-state index in [0.29, 0.717) is 31.9 Å². The Morgan fingerprint density at radius 2 is 1.80 bits per heavy atom. The lowest BCUT2D eigenvalue weighted by molar-refractivity contribution is -0.152. The molecule has 35 heavy (non-hydrogen) atoms. The average Bonchev–Trinajstić information content (AvgIpc) is 3.14. The maximum Gasteiger partial charge on any atom is 0.327 e. The molecule has 0 saturated carbocycles. The summed E-state index contributed by atoms with van der Waals surface area (Å²) >= 11 is 13.6. The van der Waals surface area contributed by atoms with Crippen LogP contribution in [-0.4, -0.2) is 50.8 Å². The highest BCUT2D eigenvalue weighted by atomic mass is 35.5. The molecule has 188 valence electrons. The van der Waals surface area contributed by atoms with Crippen molar-refractivity contribution >= 4 is 64.5 Å². The van der Waals surface area contributed by atoms with E-state index in [-0.39, 0.29) is 19.1 Å². The largest absolute Gasteiger partial charge is 0.468 e. The van der Waals surface area contributed by atoms with Gasteiger partial charge in [-0.1, -0.05) is 23.2 Å². The van der Waals surface area contributed by atoms with E-state index in [1.54, 1.807) is 61.5 Å². The maximum atomic E-state index is 12.7. The number of methoxy groups -OCH3 is 1. The van der Waals surface area contributed by atoms with E-state index in [1.807, 2.05) is 0 Å². The molecule has 11 heteroatoms. The lowest BCUT2D eigenvalue weighted by Gasteiger charge is -2.26. The van der Waals surface area contributed by atoms with Gasteiger partial charge in [-0.15, -0.1) is 0 Å². The summed E-state index contributed by atoms with van der Waals surface area (Å²) in [7, 11) is 2.83. The van der Waals surface area contributed by atoms with E-state index in [2.05, 4.69) is 5.32 Å². The van der Waals surface area contributed by atoms with Crippen LogP contribution in [0, 0.1) is 0 Å². The van der Waals surface area contributed by atoms with Gasteiger partial charge >= 0.3 is 18.0 Å². The molecule has 3 rings (SSSR count). The van der Waals surface area contributed by atoms with Crippen LogP contribution in [-0.2, 0) is 19.1 Å². The summed E-state index contributed by atoms with van der Waals surface area (Å²) in [6, 6.07) is 10.1. The highest BCUT2D eigenvalue weighted by molar-refractivity contribution is 8.00. The Labute approximate surface area is 219 Å². The quantitative estimate of drug-likeness (QED) is 0.395. The Morgan fingerprint density at radius 1 is 1.14 bits per heavy atom. The molecular formula is C24H27Cl2N3O5S. The molecule has 1 aliphatic rings. The summed E-state index contributed by atoms with van der Waals surface area (Å²) in [6.07, 6.45) is 0. The normalized spacial score (nSPS) is 14.8. The van der Waals surface area contributed by atoms with Gasteiger partial charge in [0.05, 0.1) is 7.11 Å². The van der Waals surface area contributed by atoms with Crippen LogP contribution in [0.3, 0.4) is 0 Å². The SMILES string of the molecule is CNC(=O)N1CC(C(=O)OC)c2cc(N(CC(=O)OC(C)(C)C)Sc3cc(Cl)cc(Cl)c3)ccc21. The van der Waals surface area contributed by atoms with Crippen molar-refractivity contribution in [2.45, 2.75) is 37.2 Å². The molecule has 1 unspecified atom stereocenters. The predicted molar refractivity (Wildman–Crippen MR) is 139 cm³/mol. The van der Waals surface area contributed by atoms with Crippen LogP contribution in [0.4, 0.5) is 16.2 Å². The number of benzene rings is 2. The first-order chi connectivity index (χ1) is 16.4. The zero-order valence-electron chi connectivity index (χ0n) is 20.1. The van der Waals surface area contributed by atoms with E-state index in [9.17, 15) is 14.4 Å². The van der Waals surface area contributed by atoms with Crippen LogP contribution >= 0.6 is 35.1 Å². The first-order valence-electron chi connectivity index (χ1n) is 10.8. The fourth-order valence-corrected chi connectivity index (χ4v) is 5.31. The number of fused-ring (bicyclic) bond motifs is 1. The van der Waals surface area contributed by atoms with Crippen LogP contribution in [0.1, 0.15) is 32.3 Å². The van der Waals surface area contributed by atoms with Crippen molar-refractivity contribution in [3.63, 3.8) is 0 Å². The summed E-state index contributed by atoms with van der Waals surface area (Å²) in [5, 5.41) is 3.50. The number of nitrogens with one attached hydrogen (secondary N) is 1. The number of halogens is 2. The zero-order valence-corrected chi connectivity index (χ0v) is 22.4. The molecule has 0 saturated heterocycles. The van der Waals surface area contributed by atoms with Crippen LogP contribution < -0.4 is 14.5 Å². The van der Waals surface area contributed by atoms with Gasteiger partial charge in [-0.05, 0) is 74.7 Å². The summed E-state index contributed by atoms with van der Waals surface area (Å²) in [5.74, 6) is -1.56. The molecule has 2 amide bonds. The summed E-state index contributed by atoms with van der Waals surface area (Å²) < 4.78 is 12.2. The topological polar surface area (TPSA) is 88.2 Å². The van der Waals surface area contributed by atoms with E-state index in [1.165, 1.54) is 31.0 Å². The first kappa shape index (κ1) is 27.0. The number of nitrogens with zero attached hydrogens (tertiary/aromatic N) is 2. The average molecular weight is 540 g/mol. The molecule has 1 N–H and O–H groups in total. The standard InChI is InChI=1S/C24H27Cl2N3O5S/c1-24(2,3)34-21(30)13-29(35-17-9-14(25)8-15(26)10-17)16-6-7-20-18(11-16)19(22(31)33-5)12-28(20)23(32)27-4/h6-11,19H,12-13H2,1-5H3,(H,27,32). The Hall–Kier alpha value is -2.62. The second kappa shape index (κ2) is 11.0. The third-order valence-electron chi connectivity index (χ3n) is 5.02. The smallest absolute Gasteiger partial charge is 0.327 e. The Bertz CT molecular complexity index is 1120. The fraction of sp³-hybridized carbons (Fsp3) is 0.375. The number of carbonyl (C=O) groups excluding carboxylic acids is 3. The van der Waals surface area contributed by atoms with Crippen molar-refractivity contribution in [1.29, 1.82) is 0 Å². The van der Waals surface area contributed by atoms with Crippen molar-refractivity contribution in [2.24, 2.45) is 0 Å². The number of urea groups is 1. The van der Waals surface area contributed by atoms with Crippen LogP contribution in [0.2, 0.25) is 10.0 Å². The number of carbonyl (C=O) groups is 3. The molecule has 1 heterocycles. The molecule has 0 radical (unpaired) electrons. The Balaban J connectivity index is 2.02. The minimum Gasteiger partial charge on any atom is -0.468 e. The first-order valence-corrected chi connectivity index (χ1v) is 12.3. The Morgan fingerprint density at radius 3 is 2.37 bits per heavy atom. The molecule has 1 atom stereocenters. The lowest BCUT2D eigenvalue weighted by Crippen LogP contribution is -2.38. The summed E-state index contributed by atoms with van der Waals surface area (Å²) in [5.41, 5.74) is 1.19. The van der Waals surface area contributed by atoms with Crippen molar-refractivity contribution in [3.8, 4) is 0 Å². The van der Waals surface area contributed by atoms with Crippen molar-refractivity contribution < 1.29 is 23.9 Å². The number of amides is 2. The molecule has 0 spiro atoms. The van der Waals surface area contributed by atoms with Gasteiger partial charge in [0.25, 0.3) is 0 Å². The van der Waals surface area contributed by atoms with Crippen LogP contribution in [0.5, 0.6) is 0 Å². The van der Waals surface area contributed by atoms with Crippen LogP contribution in [0.25, 0.3) is 0 Å². The van der Waals surface area contributed by atoms with Crippen molar-refractivity contribution in [1.82, 2.24) is 5.32 Å². The zero-order chi connectivity index (χ0) is 25.9. The third-order valence-corrected chi connectivity index (χ3v) is 6.46. The Kier molecular flexibility index (Phi) is 8.46. The van der Waals surface area contributed by atoms with E-state index < -0.39 is 23.5 Å². The van der Waals surface area contributed by atoms with E-state index in [4.69, 9.17) is 32.7 Å². The number of hydrogen-bond donors (Lipinski definition) is 1. The third kappa shape index (κ3) is 6.74. The van der Waals surface area contributed by atoms with Gasteiger partial charge in [0.15, 0.2) is 0 Å². The van der Waals surface area contributed by atoms with Gasteiger partial charge in [-0.25, -0.2) is 4.79 Å². The molecular weight excluding hydrogens is 513 g/mol. The lowest BCUT2D eigenvalue weighted by atomic mass is 10.0. The monoisotopic (exact) mass is 539 g/mol. The molecule has 8 nitrogen and oxygen atoms in total. The van der Waals surface area contributed by atoms with E-state index >= 15 is 0 Å². The molecule has 0 aromatic heterocycles. The second-order valence-electron chi connectivity index (χ2n) is 8.80. The van der Waals surface area contributed by atoms with Crippen LogP contribution in [0.15, 0.2) is 41.3 Å². The van der Waals surface area contributed by atoms with Gasteiger partial charge in [-0.3, -0.25) is 14.5 Å². The highest BCUT2D eigenvalue weighted by Crippen LogP contribution is 2.41. The number of esters is 2. The fourth-order valence-electron chi connectivity index (χ4n) is 3.65. The van der Waals surface area contributed by atoms with Crippen molar-refractivity contribution in [2.75, 3.05) is 36.5 Å². The number of anilines is 2. The number of ether oxygens (including phenoxy) is 2. The second-order valence-corrected chi connectivity index (χ2v) is 10.8. The predicted octanol–water partition coefficient (Wildman–Crippen LogP) is 5.26. The molecule has 0 aliphatic carbocycles. The number of rotatable bonds is 6. The molecule has 2 aromatic carbocycles. The maximum absolute atomic E-state index is 12.7. The highest BCUT2D eigenvalue weighted by Gasteiger charge is 2.37. The minimum atomic E-state index is -0.666. The van der Waals surface area contributed by atoms with Crippen molar-refractivity contribution in [3.05, 3.63) is 52.0 Å². The molecule has 2 aromatic rings.